The van der Waals surface area contributed by atoms with Gasteiger partial charge in [-0.25, -0.2) is 0 Å². The summed E-state index contributed by atoms with van der Waals surface area (Å²) in [5.74, 6) is 0. The molecule has 0 unspecified atom stereocenters. The van der Waals surface area contributed by atoms with Crippen molar-refractivity contribution in [3.05, 3.63) is 10.4 Å². The molecular weight excluding hydrogens is 165 g/mol. The molecule has 0 fully saturated rings. The molecule has 7 heavy (non-hydrogen) atoms. The molecule has 0 aliphatic carbocycles. The Kier molecular flexibility index (Phi) is 3.79. The monoisotopic (exact) mass is 164 g/mol. The van der Waals surface area contributed by atoms with Crippen molar-refractivity contribution in [2.75, 3.05) is 0 Å². The van der Waals surface area contributed by atoms with Gasteiger partial charge in [-0.1, -0.05) is 0 Å². The number of hydrogen-bond acceptors (Lipinski definition) is 1. The van der Waals surface area contributed by atoms with Crippen LogP contribution in [0.5, 0.6) is 0 Å². The Bertz CT molecular complexity index is 87.7. The third kappa shape index (κ3) is 3.14. The van der Waals surface area contributed by atoms with Crippen molar-refractivity contribution in [2.45, 2.75) is 0 Å². The first-order valence-electron chi connectivity index (χ1n) is 1.18. The molecule has 0 aliphatic rings. The van der Waals surface area contributed by atoms with Crippen LogP contribution in [-0.4, -0.2) is 0 Å². The molecule has 42 valence electrons. The molecule has 0 aromatic heterocycles. The highest BCUT2D eigenvalue weighted by atomic mass is 35.7. The molecular formula is C2Cl2F2S. The predicted octanol–water partition coefficient (Wildman–Crippen LogP) is 3.18. The Labute approximate surface area is 53.0 Å². The topological polar surface area (TPSA) is 0 Å². The van der Waals surface area contributed by atoms with Gasteiger partial charge in [0.15, 0.2) is 0 Å². The maximum atomic E-state index is 11.5. The van der Waals surface area contributed by atoms with Crippen molar-refractivity contribution < 1.29 is 8.78 Å². The summed E-state index contributed by atoms with van der Waals surface area (Å²) in [6, 6.07) is 0. The summed E-state index contributed by atoms with van der Waals surface area (Å²) in [7, 11) is 4.82. The van der Waals surface area contributed by atoms with Crippen LogP contribution in [0.3, 0.4) is 0 Å². The number of hydrogen-bond donors (Lipinski definition) is 0. The smallest absolute Gasteiger partial charge is 0.194 e. The first kappa shape index (κ1) is 7.53. The molecule has 0 heterocycles. The summed E-state index contributed by atoms with van der Waals surface area (Å²) in [4.78, 5) is 0. The van der Waals surface area contributed by atoms with Gasteiger partial charge in [-0.15, -0.1) is 0 Å². The van der Waals surface area contributed by atoms with E-state index in [1.54, 1.807) is 0 Å². The lowest BCUT2D eigenvalue weighted by atomic mass is 11.1. The summed E-state index contributed by atoms with van der Waals surface area (Å²) in [6.07, 6.45) is 0. The molecule has 5 heteroatoms. The normalized spacial score (nSPS) is 13.7. The van der Waals surface area contributed by atoms with Gasteiger partial charge in [-0.2, -0.15) is 8.78 Å². The summed E-state index contributed by atoms with van der Waals surface area (Å²) >= 11 is 4.46. The van der Waals surface area contributed by atoms with Crippen LogP contribution in [0.15, 0.2) is 10.4 Å². The molecule has 0 rings (SSSR count). The van der Waals surface area contributed by atoms with Crippen LogP contribution in [0.1, 0.15) is 0 Å². The Morgan fingerprint density at radius 1 is 1.43 bits per heavy atom. The average molecular weight is 165 g/mol. The van der Waals surface area contributed by atoms with Crippen LogP contribution in [-0.2, 0) is 0 Å². The first-order valence-corrected chi connectivity index (χ1v) is 3.20. The standard InChI is InChI=1S/C2Cl2F2S/c3-1(5)2(6)7-4. The maximum Gasteiger partial charge on any atom is 0.232 e. The van der Waals surface area contributed by atoms with Crippen LogP contribution < -0.4 is 0 Å². The van der Waals surface area contributed by atoms with Crippen LogP contribution in [0.2, 0.25) is 0 Å². The van der Waals surface area contributed by atoms with Crippen molar-refractivity contribution in [3.63, 3.8) is 0 Å². The van der Waals surface area contributed by atoms with Crippen LogP contribution in [0, 0.1) is 0 Å². The average Bonchev–Trinajstić information content (AvgIpc) is 1.65. The van der Waals surface area contributed by atoms with E-state index >= 15 is 0 Å². The molecule has 0 saturated carbocycles. The first-order chi connectivity index (χ1) is 3.18. The predicted molar refractivity (Wildman–Crippen MR) is 28.5 cm³/mol. The lowest BCUT2D eigenvalue weighted by molar-refractivity contribution is 0.614. The SMILES string of the molecule is FC(Cl)=C(F)SCl. The van der Waals surface area contributed by atoms with E-state index in [9.17, 15) is 8.78 Å². The van der Waals surface area contributed by atoms with Crippen LogP contribution in [0.25, 0.3) is 0 Å². The van der Waals surface area contributed by atoms with Gasteiger partial charge in [0.25, 0.3) is 0 Å². The highest BCUT2D eigenvalue weighted by Crippen LogP contribution is 2.26. The van der Waals surface area contributed by atoms with Gasteiger partial charge in [0.1, 0.15) is 0 Å². The second-order valence-electron chi connectivity index (χ2n) is 0.611. The molecule has 0 aliphatic heterocycles. The van der Waals surface area contributed by atoms with Crippen molar-refractivity contribution in [2.24, 2.45) is 0 Å². The second-order valence-corrected chi connectivity index (χ2v) is 1.92. The van der Waals surface area contributed by atoms with E-state index in [0.717, 1.165) is 0 Å². The Balaban J connectivity index is 3.72. The van der Waals surface area contributed by atoms with Gasteiger partial charge >= 0.3 is 0 Å². The van der Waals surface area contributed by atoms with E-state index in [0.29, 0.717) is 0 Å². The minimum Gasteiger partial charge on any atom is -0.194 e. The van der Waals surface area contributed by atoms with E-state index in [1.807, 2.05) is 0 Å². The lowest BCUT2D eigenvalue weighted by Crippen LogP contribution is -1.56. The summed E-state index contributed by atoms with van der Waals surface area (Å²) in [5.41, 5.74) is 0. The zero-order chi connectivity index (χ0) is 5.86. The quantitative estimate of drug-likeness (QED) is 0.574. The Hall–Kier alpha value is 0.530. The van der Waals surface area contributed by atoms with Gasteiger partial charge in [-0.05, 0) is 22.3 Å². The Morgan fingerprint density at radius 2 is 1.86 bits per heavy atom. The van der Waals surface area contributed by atoms with E-state index in [4.69, 9.17) is 10.7 Å². The van der Waals surface area contributed by atoms with Gasteiger partial charge < -0.3 is 0 Å². The second kappa shape index (κ2) is 3.52. The number of rotatable bonds is 1. The van der Waals surface area contributed by atoms with E-state index < -0.39 is 10.4 Å². The third-order valence-electron chi connectivity index (χ3n) is 0.216. The fraction of sp³-hybridized carbons (Fsp3) is 0. The van der Waals surface area contributed by atoms with E-state index in [-0.39, 0.29) is 11.0 Å². The summed E-state index contributed by atoms with van der Waals surface area (Å²) in [6.45, 7) is 0. The molecule has 0 aromatic rings. The molecule has 0 saturated heterocycles. The third-order valence-corrected chi connectivity index (χ3v) is 1.22. The van der Waals surface area contributed by atoms with Gasteiger partial charge in [0.2, 0.25) is 10.4 Å². The van der Waals surface area contributed by atoms with Crippen molar-refractivity contribution in [1.82, 2.24) is 0 Å². The van der Waals surface area contributed by atoms with Crippen LogP contribution in [0.4, 0.5) is 8.78 Å². The molecule has 0 atom stereocenters. The largest absolute Gasteiger partial charge is 0.232 e. The highest BCUT2D eigenvalue weighted by molar-refractivity contribution is 8.24. The van der Waals surface area contributed by atoms with Crippen molar-refractivity contribution >= 4 is 33.3 Å². The molecule has 0 nitrogen and oxygen atoms in total. The zero-order valence-corrected chi connectivity index (χ0v) is 5.25. The maximum absolute atomic E-state index is 11.5. The number of halogens is 4. The molecule has 0 amide bonds. The van der Waals surface area contributed by atoms with Gasteiger partial charge in [-0.3, -0.25) is 0 Å². The molecule has 0 N–H and O–H groups in total. The molecule has 0 radical (unpaired) electrons. The van der Waals surface area contributed by atoms with Crippen LogP contribution >= 0.6 is 33.3 Å². The fourth-order valence-electron chi connectivity index (χ4n) is 0.0292. The Morgan fingerprint density at radius 3 is 1.86 bits per heavy atom. The zero-order valence-electron chi connectivity index (χ0n) is 2.92. The highest BCUT2D eigenvalue weighted by Gasteiger charge is 1.99. The summed E-state index contributed by atoms with van der Waals surface area (Å²) < 4.78 is 22.7. The van der Waals surface area contributed by atoms with Crippen molar-refractivity contribution in [1.29, 1.82) is 0 Å². The molecule has 0 aromatic carbocycles. The van der Waals surface area contributed by atoms with Gasteiger partial charge in [0, 0.05) is 11.0 Å². The van der Waals surface area contributed by atoms with E-state index in [1.165, 1.54) is 0 Å². The van der Waals surface area contributed by atoms with E-state index in [2.05, 4.69) is 11.6 Å². The molecule has 0 spiro atoms. The summed E-state index contributed by atoms with van der Waals surface area (Å²) in [5, 5.41) is -2.61. The minimum atomic E-state index is -1.40. The molecule has 0 bridgehead atoms. The fourth-order valence-corrected chi connectivity index (χ4v) is 0.525. The lowest BCUT2D eigenvalue weighted by Gasteiger charge is -1.80. The van der Waals surface area contributed by atoms with Crippen molar-refractivity contribution in [3.8, 4) is 0 Å². The minimum absolute atomic E-state index is 0.111. The van der Waals surface area contributed by atoms with Gasteiger partial charge in [0.05, 0.1) is 0 Å².